The molecule has 3 nitrogen and oxygen atoms in total. The Balaban J connectivity index is 5.08. The van der Waals surface area contributed by atoms with Crippen molar-refractivity contribution in [3.05, 3.63) is 0 Å². The van der Waals surface area contributed by atoms with E-state index in [0.29, 0.717) is 23.9 Å². The Hall–Kier alpha value is -0.730. The molecule has 18 heavy (non-hydrogen) atoms. The minimum atomic E-state index is 0.452. The summed E-state index contributed by atoms with van der Waals surface area (Å²) >= 11 is 0. The third-order valence-corrected chi connectivity index (χ3v) is 2.34. The van der Waals surface area contributed by atoms with Crippen molar-refractivity contribution < 1.29 is 4.58 Å². The number of hydrogen-bond donors (Lipinski definition) is 2. The molecule has 0 unspecified atom stereocenters. The first-order valence-corrected chi connectivity index (χ1v) is 7.37. The Kier molecular flexibility index (Phi) is 8.05. The molecule has 0 aromatic rings. The van der Waals surface area contributed by atoms with Crippen LogP contribution in [0, 0.1) is 11.8 Å². The van der Waals surface area contributed by atoms with Crippen LogP contribution in [-0.4, -0.2) is 35.7 Å². The van der Waals surface area contributed by atoms with Crippen LogP contribution in [0.5, 0.6) is 0 Å². The Bertz CT molecular complexity index is 202. The topological polar surface area (TPSA) is 27.1 Å². The van der Waals surface area contributed by atoms with Crippen molar-refractivity contribution in [2.24, 2.45) is 11.8 Å². The van der Waals surface area contributed by atoms with Gasteiger partial charge in [-0.05, 0) is 39.5 Å². The van der Waals surface area contributed by atoms with E-state index in [4.69, 9.17) is 0 Å². The number of rotatable bonds is 6. The van der Waals surface area contributed by atoms with Crippen molar-refractivity contribution in [1.82, 2.24) is 10.6 Å². The molecule has 0 rings (SSSR count). The van der Waals surface area contributed by atoms with Gasteiger partial charge in [-0.15, -0.1) is 0 Å². The van der Waals surface area contributed by atoms with E-state index in [9.17, 15) is 0 Å². The minimum Gasteiger partial charge on any atom is -0.276 e. The van der Waals surface area contributed by atoms with E-state index in [1.54, 1.807) is 0 Å². The maximum Gasteiger partial charge on any atom is 0.346 e. The SMILES string of the molecule is CC(C)C[N+](CC(C)C)=C(NC(C)C)NC(C)C. The van der Waals surface area contributed by atoms with Gasteiger partial charge in [-0.25, -0.2) is 0 Å². The minimum absolute atomic E-state index is 0.452. The van der Waals surface area contributed by atoms with Gasteiger partial charge < -0.3 is 0 Å². The number of guanidine groups is 1. The van der Waals surface area contributed by atoms with E-state index in [1.165, 1.54) is 5.96 Å². The maximum absolute atomic E-state index is 3.55. The molecule has 0 saturated carbocycles. The van der Waals surface area contributed by atoms with E-state index in [-0.39, 0.29) is 0 Å². The molecule has 0 saturated heterocycles. The molecular weight excluding hydrogens is 222 g/mol. The Morgan fingerprint density at radius 1 is 0.722 bits per heavy atom. The fourth-order valence-corrected chi connectivity index (χ4v) is 1.91. The highest BCUT2D eigenvalue weighted by Gasteiger charge is 2.17. The predicted molar refractivity (Wildman–Crippen MR) is 81.2 cm³/mol. The lowest BCUT2D eigenvalue weighted by atomic mass is 10.2. The lowest BCUT2D eigenvalue weighted by molar-refractivity contribution is -0.543. The van der Waals surface area contributed by atoms with E-state index in [2.05, 4.69) is 70.6 Å². The monoisotopic (exact) mass is 256 g/mol. The summed E-state index contributed by atoms with van der Waals surface area (Å²) in [6.07, 6.45) is 0. The summed E-state index contributed by atoms with van der Waals surface area (Å²) in [5, 5.41) is 7.11. The second-order valence-electron chi connectivity index (χ2n) is 6.64. The molecule has 0 fully saturated rings. The zero-order valence-corrected chi connectivity index (χ0v) is 13.7. The Morgan fingerprint density at radius 2 is 1.06 bits per heavy atom. The van der Waals surface area contributed by atoms with Crippen molar-refractivity contribution in [3.8, 4) is 0 Å². The van der Waals surface area contributed by atoms with E-state index < -0.39 is 0 Å². The van der Waals surface area contributed by atoms with E-state index >= 15 is 0 Å². The molecule has 0 atom stereocenters. The van der Waals surface area contributed by atoms with Gasteiger partial charge in [-0.2, -0.15) is 0 Å². The molecule has 0 amide bonds. The zero-order valence-electron chi connectivity index (χ0n) is 13.7. The zero-order chi connectivity index (χ0) is 14.3. The van der Waals surface area contributed by atoms with E-state index in [1.807, 2.05) is 0 Å². The number of nitrogens with one attached hydrogen (secondary N) is 2. The molecule has 0 bridgehead atoms. The smallest absolute Gasteiger partial charge is 0.276 e. The first-order valence-electron chi connectivity index (χ1n) is 7.37. The van der Waals surface area contributed by atoms with Gasteiger partial charge in [0.15, 0.2) is 0 Å². The molecule has 0 heterocycles. The predicted octanol–water partition coefficient (Wildman–Crippen LogP) is 2.66. The van der Waals surface area contributed by atoms with Crippen LogP contribution >= 0.6 is 0 Å². The second kappa shape index (κ2) is 8.39. The van der Waals surface area contributed by atoms with Gasteiger partial charge in [-0.3, -0.25) is 15.2 Å². The van der Waals surface area contributed by atoms with Crippen molar-refractivity contribution in [1.29, 1.82) is 0 Å². The average molecular weight is 256 g/mol. The van der Waals surface area contributed by atoms with Crippen LogP contribution in [0.15, 0.2) is 0 Å². The van der Waals surface area contributed by atoms with Gasteiger partial charge in [0.1, 0.15) is 0 Å². The third kappa shape index (κ3) is 8.37. The quantitative estimate of drug-likeness (QED) is 0.434. The average Bonchev–Trinajstić information content (AvgIpc) is 2.12. The van der Waals surface area contributed by atoms with Gasteiger partial charge in [-0.1, -0.05) is 27.7 Å². The van der Waals surface area contributed by atoms with Gasteiger partial charge in [0, 0.05) is 0 Å². The molecular formula is C15H34N3+. The molecule has 3 heteroatoms. The van der Waals surface area contributed by atoms with Crippen LogP contribution in [0.2, 0.25) is 0 Å². The molecule has 0 aromatic carbocycles. The maximum atomic E-state index is 3.55. The van der Waals surface area contributed by atoms with Gasteiger partial charge in [0.05, 0.1) is 25.2 Å². The Labute approximate surface area is 114 Å². The highest BCUT2D eigenvalue weighted by Crippen LogP contribution is 1.99. The van der Waals surface area contributed by atoms with Crippen LogP contribution in [-0.2, 0) is 0 Å². The second-order valence-corrected chi connectivity index (χ2v) is 6.64. The normalized spacial score (nSPS) is 11.6. The standard InChI is InChI=1S/C15H33N3/c1-11(2)9-18(10-12(3)4)15(16-13(5)6)17-14(7)8/h11-14H,9-10H2,1-8H3,(H,16,17)/p+1. The lowest BCUT2D eigenvalue weighted by Crippen LogP contribution is -2.51. The van der Waals surface area contributed by atoms with Crippen LogP contribution in [0.4, 0.5) is 0 Å². The van der Waals surface area contributed by atoms with Gasteiger partial charge in [0.25, 0.3) is 0 Å². The summed E-state index contributed by atoms with van der Waals surface area (Å²) in [5.41, 5.74) is 0. The molecule has 0 radical (unpaired) electrons. The molecule has 0 aliphatic rings. The summed E-state index contributed by atoms with van der Waals surface area (Å²) in [6.45, 7) is 20.0. The van der Waals surface area contributed by atoms with E-state index in [0.717, 1.165) is 13.1 Å². The fraction of sp³-hybridized carbons (Fsp3) is 0.933. The summed E-state index contributed by atoms with van der Waals surface area (Å²) in [6, 6.07) is 0.904. The molecule has 0 aliphatic carbocycles. The first-order chi connectivity index (χ1) is 8.22. The lowest BCUT2D eigenvalue weighted by Gasteiger charge is -2.20. The number of hydrogen-bond acceptors (Lipinski definition) is 0. The van der Waals surface area contributed by atoms with Crippen molar-refractivity contribution in [2.75, 3.05) is 13.1 Å². The summed E-state index contributed by atoms with van der Waals surface area (Å²) in [5.74, 6) is 2.52. The van der Waals surface area contributed by atoms with Crippen LogP contribution in [0.3, 0.4) is 0 Å². The van der Waals surface area contributed by atoms with Crippen LogP contribution in [0.1, 0.15) is 55.4 Å². The first kappa shape index (κ1) is 17.3. The molecule has 108 valence electrons. The molecule has 0 aromatic heterocycles. The Morgan fingerprint density at radius 3 is 1.28 bits per heavy atom. The summed E-state index contributed by atoms with van der Waals surface area (Å²) < 4.78 is 2.45. The van der Waals surface area contributed by atoms with Crippen LogP contribution in [0.25, 0.3) is 0 Å². The molecule has 2 N–H and O–H groups in total. The number of nitrogens with zero attached hydrogens (tertiary/aromatic N) is 1. The molecule has 0 aliphatic heterocycles. The van der Waals surface area contributed by atoms with Gasteiger partial charge >= 0.3 is 5.96 Å². The highest BCUT2D eigenvalue weighted by molar-refractivity contribution is 5.75. The van der Waals surface area contributed by atoms with Gasteiger partial charge in [0.2, 0.25) is 0 Å². The van der Waals surface area contributed by atoms with Crippen molar-refractivity contribution in [2.45, 2.75) is 67.5 Å². The fourth-order valence-electron chi connectivity index (χ4n) is 1.91. The van der Waals surface area contributed by atoms with Crippen LogP contribution < -0.4 is 10.6 Å². The third-order valence-electron chi connectivity index (χ3n) is 2.34. The van der Waals surface area contributed by atoms with Crippen molar-refractivity contribution in [3.63, 3.8) is 0 Å². The largest absolute Gasteiger partial charge is 0.346 e. The highest BCUT2D eigenvalue weighted by atomic mass is 15.3. The summed E-state index contributed by atoms with van der Waals surface area (Å²) in [7, 11) is 0. The molecule has 0 spiro atoms. The summed E-state index contributed by atoms with van der Waals surface area (Å²) in [4.78, 5) is 0. The van der Waals surface area contributed by atoms with Crippen molar-refractivity contribution >= 4 is 5.96 Å².